The Morgan fingerprint density at radius 3 is 2.23 bits per heavy atom. The number of nitrogens with two attached hydrogens (primary N) is 1. The number of ketones is 1. The zero-order valence-electron chi connectivity index (χ0n) is 17.3. The third kappa shape index (κ3) is 5.04. The fourth-order valence-electron chi connectivity index (χ4n) is 2.52. The Labute approximate surface area is 173 Å². The van der Waals surface area contributed by atoms with Crippen molar-refractivity contribution < 1.29 is 33.3 Å². The Morgan fingerprint density at radius 1 is 1.00 bits per heavy atom. The first kappa shape index (κ1) is 22.7. The van der Waals surface area contributed by atoms with Crippen LogP contribution in [0.15, 0.2) is 12.1 Å². The van der Waals surface area contributed by atoms with E-state index >= 15 is 0 Å². The molecule has 0 spiro atoms. The van der Waals surface area contributed by atoms with Crippen molar-refractivity contribution in [2.45, 2.75) is 33.4 Å². The molecule has 0 saturated carbocycles. The van der Waals surface area contributed by atoms with E-state index in [0.717, 1.165) is 4.80 Å². The molecule has 11 heteroatoms. The number of rotatable bonds is 10. The molecule has 0 bridgehead atoms. The van der Waals surface area contributed by atoms with Crippen LogP contribution < -0.4 is 15.2 Å². The second-order valence-corrected chi connectivity index (χ2v) is 6.01. The molecule has 0 unspecified atom stereocenters. The number of aromatic nitrogens is 3. The number of nitrogens with zero attached hydrogens (tertiary/aromatic N) is 3. The summed E-state index contributed by atoms with van der Waals surface area (Å²) in [4.78, 5) is 37.9. The number of ether oxygens (including phenoxy) is 4. The van der Waals surface area contributed by atoms with Gasteiger partial charge < -0.3 is 24.7 Å². The molecule has 2 aromatic rings. The van der Waals surface area contributed by atoms with Gasteiger partial charge in [0.2, 0.25) is 18.2 Å². The minimum absolute atomic E-state index is 0.0354. The first-order chi connectivity index (χ1) is 14.4. The van der Waals surface area contributed by atoms with Crippen molar-refractivity contribution in [3.8, 4) is 11.5 Å². The van der Waals surface area contributed by atoms with Crippen molar-refractivity contribution in [2.75, 3.05) is 26.6 Å². The number of hydrogen-bond acceptors (Lipinski definition) is 10. The van der Waals surface area contributed by atoms with Crippen LogP contribution in [0.2, 0.25) is 0 Å². The minimum atomic E-state index is -0.842. The zero-order chi connectivity index (χ0) is 22.3. The normalized spacial score (nSPS) is 10.4. The van der Waals surface area contributed by atoms with E-state index in [9.17, 15) is 14.4 Å². The summed E-state index contributed by atoms with van der Waals surface area (Å²) in [7, 11) is 2.84. The summed E-state index contributed by atoms with van der Waals surface area (Å²) in [5.41, 5.74) is 5.50. The molecule has 1 heterocycles. The van der Waals surface area contributed by atoms with Crippen molar-refractivity contribution in [3.63, 3.8) is 0 Å². The van der Waals surface area contributed by atoms with Gasteiger partial charge in [0.1, 0.15) is 0 Å². The minimum Gasteiger partial charge on any atom is -0.493 e. The van der Waals surface area contributed by atoms with Crippen LogP contribution in [-0.4, -0.2) is 53.5 Å². The van der Waals surface area contributed by atoms with Gasteiger partial charge >= 0.3 is 11.9 Å². The molecule has 0 aliphatic carbocycles. The first-order valence-electron chi connectivity index (χ1n) is 9.20. The lowest BCUT2D eigenvalue weighted by Crippen LogP contribution is -2.14. The zero-order valence-corrected chi connectivity index (χ0v) is 17.3. The molecule has 2 rings (SSSR count). The van der Waals surface area contributed by atoms with Crippen LogP contribution >= 0.6 is 0 Å². The maximum absolute atomic E-state index is 13.1. The average molecular weight is 420 g/mol. The standard InChI is InChI=1S/C19H24N4O7/c1-5-7-15(24)30-10-23-21-16(17(22-23)19(26)29-6-2)18(25)11-8-13(27-3)14(28-4)9-12(11)20/h8-9H,5-7,10,20H2,1-4H3. The Kier molecular flexibility index (Phi) is 7.73. The first-order valence-corrected chi connectivity index (χ1v) is 9.20. The predicted octanol–water partition coefficient (Wildman–Crippen LogP) is 1.59. The highest BCUT2D eigenvalue weighted by Crippen LogP contribution is 2.33. The molecule has 11 nitrogen and oxygen atoms in total. The van der Waals surface area contributed by atoms with Gasteiger partial charge in [0.25, 0.3) is 0 Å². The molecule has 0 aliphatic heterocycles. The third-order valence-electron chi connectivity index (χ3n) is 3.93. The summed E-state index contributed by atoms with van der Waals surface area (Å²) in [5, 5.41) is 7.96. The summed E-state index contributed by atoms with van der Waals surface area (Å²) in [6.45, 7) is 3.16. The molecule has 0 fully saturated rings. The van der Waals surface area contributed by atoms with E-state index < -0.39 is 17.7 Å². The number of benzene rings is 1. The SMILES string of the molecule is CCCC(=O)OCn1nc(C(=O)OCC)c(C(=O)c2cc(OC)c(OC)cc2N)n1. The highest BCUT2D eigenvalue weighted by atomic mass is 16.5. The topological polar surface area (TPSA) is 145 Å². The maximum Gasteiger partial charge on any atom is 0.361 e. The second-order valence-electron chi connectivity index (χ2n) is 6.01. The Balaban J connectivity index is 2.44. The monoisotopic (exact) mass is 420 g/mol. The van der Waals surface area contributed by atoms with Crippen LogP contribution in [-0.2, 0) is 21.0 Å². The van der Waals surface area contributed by atoms with Gasteiger partial charge in [0.05, 0.1) is 26.4 Å². The predicted molar refractivity (Wildman–Crippen MR) is 104 cm³/mol. The molecular formula is C19H24N4O7. The molecular weight excluding hydrogens is 396 g/mol. The van der Waals surface area contributed by atoms with Crippen LogP contribution in [0.5, 0.6) is 11.5 Å². The van der Waals surface area contributed by atoms with E-state index in [1.807, 2.05) is 6.92 Å². The lowest BCUT2D eigenvalue weighted by molar-refractivity contribution is -0.148. The lowest BCUT2D eigenvalue weighted by atomic mass is 10.0. The summed E-state index contributed by atoms with van der Waals surface area (Å²) in [5.74, 6) is -1.37. The smallest absolute Gasteiger partial charge is 0.361 e. The number of methoxy groups -OCH3 is 2. The Bertz CT molecular complexity index is 939. The van der Waals surface area contributed by atoms with Crippen LogP contribution in [0.3, 0.4) is 0 Å². The Morgan fingerprint density at radius 2 is 1.63 bits per heavy atom. The van der Waals surface area contributed by atoms with E-state index in [4.69, 9.17) is 24.7 Å². The molecule has 0 atom stereocenters. The van der Waals surface area contributed by atoms with Gasteiger partial charge in [-0.25, -0.2) is 4.79 Å². The average Bonchev–Trinajstić information content (AvgIpc) is 3.16. The molecule has 162 valence electrons. The summed E-state index contributed by atoms with van der Waals surface area (Å²) in [6, 6.07) is 2.80. The van der Waals surface area contributed by atoms with Gasteiger partial charge in [-0.3, -0.25) is 9.59 Å². The number of anilines is 1. The van der Waals surface area contributed by atoms with Crippen molar-refractivity contribution >= 4 is 23.4 Å². The largest absolute Gasteiger partial charge is 0.493 e. The van der Waals surface area contributed by atoms with Crippen LogP contribution in [0.1, 0.15) is 53.2 Å². The maximum atomic E-state index is 13.1. The molecule has 2 N–H and O–H groups in total. The number of nitrogen functional groups attached to an aromatic ring is 1. The van der Waals surface area contributed by atoms with Crippen molar-refractivity contribution in [1.82, 2.24) is 15.0 Å². The van der Waals surface area contributed by atoms with Crippen molar-refractivity contribution in [2.24, 2.45) is 0 Å². The van der Waals surface area contributed by atoms with Gasteiger partial charge in [-0.15, -0.1) is 15.0 Å². The number of hydrogen-bond donors (Lipinski definition) is 1. The molecule has 1 aromatic carbocycles. The van der Waals surface area contributed by atoms with Crippen LogP contribution in [0, 0.1) is 0 Å². The van der Waals surface area contributed by atoms with Crippen LogP contribution in [0.25, 0.3) is 0 Å². The second kappa shape index (κ2) is 10.2. The molecule has 30 heavy (non-hydrogen) atoms. The summed E-state index contributed by atoms with van der Waals surface area (Å²) >= 11 is 0. The summed E-state index contributed by atoms with van der Waals surface area (Å²) < 4.78 is 20.3. The van der Waals surface area contributed by atoms with Crippen LogP contribution in [0.4, 0.5) is 5.69 Å². The number of carbonyl (C=O) groups excluding carboxylic acids is 3. The van der Waals surface area contributed by atoms with Gasteiger partial charge in [0, 0.05) is 18.2 Å². The quantitative estimate of drug-likeness (QED) is 0.341. The number of carbonyl (C=O) groups is 3. The molecule has 1 aromatic heterocycles. The highest BCUT2D eigenvalue weighted by molar-refractivity contribution is 6.15. The molecule has 0 aliphatic rings. The lowest BCUT2D eigenvalue weighted by Gasteiger charge is -2.11. The highest BCUT2D eigenvalue weighted by Gasteiger charge is 2.28. The van der Waals surface area contributed by atoms with E-state index in [1.54, 1.807) is 6.92 Å². The van der Waals surface area contributed by atoms with Gasteiger partial charge in [0.15, 0.2) is 17.2 Å². The van der Waals surface area contributed by atoms with E-state index in [0.29, 0.717) is 12.2 Å². The van der Waals surface area contributed by atoms with E-state index in [1.165, 1.54) is 26.4 Å². The van der Waals surface area contributed by atoms with Gasteiger partial charge in [-0.05, 0) is 19.4 Å². The third-order valence-corrected chi connectivity index (χ3v) is 3.93. The fourth-order valence-corrected chi connectivity index (χ4v) is 2.52. The van der Waals surface area contributed by atoms with Gasteiger partial charge in [-0.1, -0.05) is 6.92 Å². The van der Waals surface area contributed by atoms with E-state index in [-0.39, 0.29) is 48.1 Å². The molecule has 0 amide bonds. The van der Waals surface area contributed by atoms with Gasteiger partial charge in [-0.2, -0.15) is 0 Å². The van der Waals surface area contributed by atoms with Crippen molar-refractivity contribution in [1.29, 1.82) is 0 Å². The van der Waals surface area contributed by atoms with Crippen molar-refractivity contribution in [3.05, 3.63) is 29.1 Å². The Hall–Kier alpha value is -3.63. The summed E-state index contributed by atoms with van der Waals surface area (Å²) in [6.07, 6.45) is 0.835. The molecule has 0 saturated heterocycles. The molecule has 0 radical (unpaired) electrons. The fraction of sp³-hybridized carbons (Fsp3) is 0.421. The van der Waals surface area contributed by atoms with E-state index in [2.05, 4.69) is 10.2 Å². The number of esters is 2.